The number of amides is 1. The summed E-state index contributed by atoms with van der Waals surface area (Å²) in [5, 5.41) is 8.18. The molecule has 9 heteroatoms. The molecule has 8 nitrogen and oxygen atoms in total. The molecule has 0 atom stereocenters. The number of carbonyl (C=O) groups is 1. The van der Waals surface area contributed by atoms with Crippen molar-refractivity contribution in [1.82, 2.24) is 24.8 Å². The van der Waals surface area contributed by atoms with Crippen LogP contribution in [0.25, 0.3) is 0 Å². The van der Waals surface area contributed by atoms with E-state index >= 15 is 0 Å². The molecule has 3 rings (SSSR count). The van der Waals surface area contributed by atoms with E-state index in [0.29, 0.717) is 18.8 Å². The van der Waals surface area contributed by atoms with Gasteiger partial charge in [0, 0.05) is 43.2 Å². The van der Waals surface area contributed by atoms with E-state index in [4.69, 9.17) is 9.47 Å². The van der Waals surface area contributed by atoms with Crippen LogP contribution in [0.5, 0.6) is 11.5 Å². The summed E-state index contributed by atoms with van der Waals surface area (Å²) in [6.45, 7) is 3.69. The number of para-hydroxylation sites is 1. The summed E-state index contributed by atoms with van der Waals surface area (Å²) in [7, 11) is 5.32. The van der Waals surface area contributed by atoms with E-state index in [2.05, 4.69) is 15.2 Å². The summed E-state index contributed by atoms with van der Waals surface area (Å²) in [6.07, 6.45) is 1.74. The monoisotopic (exact) mass is 405 g/mol. The van der Waals surface area contributed by atoms with E-state index in [1.165, 1.54) is 0 Å². The zero-order valence-electron chi connectivity index (χ0n) is 16.6. The summed E-state index contributed by atoms with van der Waals surface area (Å²) in [5.41, 5.74) is 1.48. The Bertz CT molecular complexity index is 792. The second kappa shape index (κ2) is 9.79. The molecule has 0 saturated carbocycles. The summed E-state index contributed by atoms with van der Waals surface area (Å²) in [6, 6.07) is 5.87. The van der Waals surface area contributed by atoms with Crippen molar-refractivity contribution in [3.63, 3.8) is 0 Å². The number of rotatable bonds is 8. The van der Waals surface area contributed by atoms with Crippen molar-refractivity contribution in [2.45, 2.75) is 13.1 Å². The van der Waals surface area contributed by atoms with Gasteiger partial charge in [-0.1, -0.05) is 17.3 Å². The van der Waals surface area contributed by atoms with Crippen LogP contribution in [0.3, 0.4) is 0 Å². The first-order valence-corrected chi connectivity index (χ1v) is 10.4. The number of hydrogen-bond acceptors (Lipinski definition) is 7. The van der Waals surface area contributed by atoms with E-state index in [1.807, 2.05) is 41.9 Å². The second-order valence-electron chi connectivity index (χ2n) is 6.66. The van der Waals surface area contributed by atoms with Crippen LogP contribution in [0, 0.1) is 0 Å². The molecule has 0 unspecified atom stereocenters. The topological polar surface area (TPSA) is 72.7 Å². The smallest absolute Gasteiger partial charge is 0.276 e. The predicted octanol–water partition coefficient (Wildman–Crippen LogP) is 1.62. The Morgan fingerprint density at radius 2 is 2.04 bits per heavy atom. The number of nitrogens with zero attached hydrogens (tertiary/aromatic N) is 5. The summed E-state index contributed by atoms with van der Waals surface area (Å²) in [4.78, 5) is 16.5. The maximum Gasteiger partial charge on any atom is 0.276 e. The van der Waals surface area contributed by atoms with E-state index in [0.717, 1.165) is 48.2 Å². The minimum absolute atomic E-state index is 0.0268. The van der Waals surface area contributed by atoms with E-state index < -0.39 is 0 Å². The van der Waals surface area contributed by atoms with E-state index in [1.54, 1.807) is 25.1 Å². The molecular weight excluding hydrogens is 378 g/mol. The second-order valence-corrected chi connectivity index (χ2v) is 7.89. The Hall–Kier alpha value is -2.26. The number of aromatic nitrogens is 3. The standard InChI is InChI=1S/C19H27N5O3S/c1-22(13-15-5-4-6-17(26-2)18(15)27-3)7-8-24-14-16(20-21-24)19(25)23-9-11-28-12-10-23/h4-6,14H,7-13H2,1-3H3. The number of likely N-dealkylation sites (N-methyl/N-ethyl adjacent to an activating group) is 1. The molecule has 2 heterocycles. The van der Waals surface area contributed by atoms with Gasteiger partial charge in [0.25, 0.3) is 5.91 Å². The SMILES string of the molecule is COc1cccc(CN(C)CCn2cc(C(=O)N3CCSCC3)nn2)c1OC. The molecule has 1 amide bonds. The van der Waals surface area contributed by atoms with Gasteiger partial charge in [0.05, 0.1) is 27.0 Å². The zero-order chi connectivity index (χ0) is 19.9. The summed E-state index contributed by atoms with van der Waals surface area (Å²) < 4.78 is 12.6. The van der Waals surface area contributed by atoms with E-state index in [9.17, 15) is 4.79 Å². The fraction of sp³-hybridized carbons (Fsp3) is 0.526. The minimum Gasteiger partial charge on any atom is -0.493 e. The van der Waals surface area contributed by atoms with Crippen LogP contribution in [0.2, 0.25) is 0 Å². The average molecular weight is 406 g/mol. The summed E-state index contributed by atoms with van der Waals surface area (Å²) in [5.74, 6) is 3.42. The fourth-order valence-electron chi connectivity index (χ4n) is 3.16. The van der Waals surface area contributed by atoms with Crippen molar-refractivity contribution in [1.29, 1.82) is 0 Å². The van der Waals surface area contributed by atoms with E-state index in [-0.39, 0.29) is 5.91 Å². The number of benzene rings is 1. The number of methoxy groups -OCH3 is 2. The van der Waals surface area contributed by atoms with Gasteiger partial charge in [-0.05, 0) is 13.1 Å². The Morgan fingerprint density at radius 3 is 2.75 bits per heavy atom. The van der Waals surface area contributed by atoms with Crippen molar-refractivity contribution in [2.75, 3.05) is 52.4 Å². The predicted molar refractivity (Wildman–Crippen MR) is 109 cm³/mol. The maximum absolute atomic E-state index is 12.5. The molecule has 1 aliphatic rings. The van der Waals surface area contributed by atoms with Gasteiger partial charge in [-0.15, -0.1) is 5.10 Å². The van der Waals surface area contributed by atoms with Crippen LogP contribution < -0.4 is 9.47 Å². The van der Waals surface area contributed by atoms with Gasteiger partial charge in [0.15, 0.2) is 17.2 Å². The number of hydrogen-bond donors (Lipinski definition) is 0. The van der Waals surface area contributed by atoms with Crippen molar-refractivity contribution in [2.24, 2.45) is 0 Å². The minimum atomic E-state index is -0.0268. The molecule has 1 aliphatic heterocycles. The van der Waals surface area contributed by atoms with Crippen molar-refractivity contribution >= 4 is 17.7 Å². The van der Waals surface area contributed by atoms with Gasteiger partial charge >= 0.3 is 0 Å². The molecular formula is C19H27N5O3S. The van der Waals surface area contributed by atoms with Crippen LogP contribution in [-0.4, -0.2) is 83.1 Å². The third kappa shape index (κ3) is 4.96. The molecule has 0 bridgehead atoms. The first kappa shape index (κ1) is 20.5. The average Bonchev–Trinajstić information content (AvgIpc) is 3.21. The lowest BCUT2D eigenvalue weighted by Gasteiger charge is -2.25. The number of ether oxygens (including phenoxy) is 2. The first-order chi connectivity index (χ1) is 13.6. The molecule has 1 aromatic carbocycles. The Labute approximate surface area is 169 Å². The lowest BCUT2D eigenvalue weighted by atomic mass is 10.1. The number of thioether (sulfide) groups is 1. The van der Waals surface area contributed by atoms with Crippen LogP contribution in [0.1, 0.15) is 16.1 Å². The maximum atomic E-state index is 12.5. The molecule has 0 radical (unpaired) electrons. The van der Waals surface area contributed by atoms with Gasteiger partial charge in [0.2, 0.25) is 0 Å². The highest BCUT2D eigenvalue weighted by Crippen LogP contribution is 2.31. The van der Waals surface area contributed by atoms with Gasteiger partial charge in [-0.25, -0.2) is 0 Å². The highest BCUT2D eigenvalue weighted by atomic mass is 32.2. The number of carbonyl (C=O) groups excluding carboxylic acids is 1. The Kier molecular flexibility index (Phi) is 7.16. The normalized spacial score (nSPS) is 14.4. The lowest BCUT2D eigenvalue weighted by molar-refractivity contribution is 0.0766. The molecule has 0 spiro atoms. The highest BCUT2D eigenvalue weighted by molar-refractivity contribution is 7.99. The molecule has 0 aliphatic carbocycles. The van der Waals surface area contributed by atoms with Gasteiger partial charge in [-0.3, -0.25) is 9.48 Å². The first-order valence-electron chi connectivity index (χ1n) is 9.28. The highest BCUT2D eigenvalue weighted by Gasteiger charge is 2.21. The van der Waals surface area contributed by atoms with Crippen LogP contribution >= 0.6 is 11.8 Å². The quantitative estimate of drug-likeness (QED) is 0.661. The van der Waals surface area contributed by atoms with Gasteiger partial charge < -0.3 is 19.3 Å². The third-order valence-corrected chi connectivity index (χ3v) is 5.63. The Balaban J connectivity index is 1.55. The van der Waals surface area contributed by atoms with Gasteiger partial charge in [-0.2, -0.15) is 11.8 Å². The molecule has 28 heavy (non-hydrogen) atoms. The molecule has 1 aromatic heterocycles. The molecule has 2 aromatic rings. The van der Waals surface area contributed by atoms with Crippen LogP contribution in [0.15, 0.2) is 24.4 Å². The molecule has 1 fully saturated rings. The zero-order valence-corrected chi connectivity index (χ0v) is 17.4. The van der Waals surface area contributed by atoms with Crippen molar-refractivity contribution in [3.05, 3.63) is 35.7 Å². The van der Waals surface area contributed by atoms with Crippen molar-refractivity contribution in [3.8, 4) is 11.5 Å². The third-order valence-electron chi connectivity index (χ3n) is 4.69. The lowest BCUT2D eigenvalue weighted by Crippen LogP contribution is -2.38. The van der Waals surface area contributed by atoms with Crippen LogP contribution in [0.4, 0.5) is 0 Å². The van der Waals surface area contributed by atoms with Gasteiger partial charge in [0.1, 0.15) is 0 Å². The van der Waals surface area contributed by atoms with Crippen LogP contribution in [-0.2, 0) is 13.1 Å². The molecule has 1 saturated heterocycles. The fourth-order valence-corrected chi connectivity index (χ4v) is 4.06. The molecule has 152 valence electrons. The largest absolute Gasteiger partial charge is 0.493 e. The van der Waals surface area contributed by atoms with Crippen molar-refractivity contribution < 1.29 is 14.3 Å². The Morgan fingerprint density at radius 1 is 1.25 bits per heavy atom. The molecule has 0 N–H and O–H groups in total. The summed E-state index contributed by atoms with van der Waals surface area (Å²) >= 11 is 1.88.